The van der Waals surface area contributed by atoms with Gasteiger partial charge in [0, 0.05) is 10.4 Å². The molecule has 1 aliphatic heterocycles. The lowest BCUT2D eigenvalue weighted by Gasteiger charge is -2.11. The lowest BCUT2D eigenvalue weighted by Crippen LogP contribution is -2.11. The number of aliphatic hydroxyl groups is 1. The molecule has 6 heteroatoms. The lowest BCUT2D eigenvalue weighted by molar-refractivity contribution is 0.0178. The summed E-state index contributed by atoms with van der Waals surface area (Å²) < 4.78 is 16.3. The highest BCUT2D eigenvalue weighted by Crippen LogP contribution is 2.30. The Labute approximate surface area is 138 Å². The molecular formula is C17H17NO4S. The molecule has 1 aromatic heterocycles. The third-order valence-electron chi connectivity index (χ3n) is 3.25. The second kappa shape index (κ2) is 6.85. The normalized spacial score (nSPS) is 18.7. The van der Waals surface area contributed by atoms with Gasteiger partial charge in [-0.2, -0.15) is 0 Å². The van der Waals surface area contributed by atoms with Crippen molar-refractivity contribution in [1.29, 1.82) is 0 Å². The van der Waals surface area contributed by atoms with Gasteiger partial charge in [-0.1, -0.05) is 6.07 Å². The zero-order valence-electron chi connectivity index (χ0n) is 12.9. The van der Waals surface area contributed by atoms with E-state index < -0.39 is 6.29 Å². The molecule has 0 saturated carbocycles. The van der Waals surface area contributed by atoms with Crippen molar-refractivity contribution in [3.63, 3.8) is 0 Å². The highest BCUT2D eigenvalue weighted by Gasteiger charge is 2.25. The van der Waals surface area contributed by atoms with Crippen LogP contribution in [0.25, 0.3) is 6.08 Å². The molecule has 0 bridgehead atoms. The number of rotatable bonds is 5. The first-order valence-corrected chi connectivity index (χ1v) is 8.09. The number of methoxy groups -OCH3 is 1. The van der Waals surface area contributed by atoms with Crippen LogP contribution in [0.15, 0.2) is 46.4 Å². The average Bonchev–Trinajstić information content (AvgIpc) is 3.19. The summed E-state index contributed by atoms with van der Waals surface area (Å²) in [6, 6.07) is 9.31. The summed E-state index contributed by atoms with van der Waals surface area (Å²) in [5, 5.41) is 12.0. The van der Waals surface area contributed by atoms with Crippen LogP contribution in [-0.4, -0.2) is 31.0 Å². The van der Waals surface area contributed by atoms with E-state index >= 15 is 0 Å². The van der Waals surface area contributed by atoms with Gasteiger partial charge in [0.2, 0.25) is 12.2 Å². The number of nitrogens with zero attached hydrogens (tertiary/aromatic N) is 1. The Morgan fingerprint density at radius 2 is 2.22 bits per heavy atom. The van der Waals surface area contributed by atoms with Crippen LogP contribution in [0.5, 0.6) is 11.5 Å². The molecule has 1 aromatic carbocycles. The third kappa shape index (κ3) is 3.38. The van der Waals surface area contributed by atoms with Crippen molar-refractivity contribution >= 4 is 23.3 Å². The second-order valence-corrected chi connectivity index (χ2v) is 5.75. The van der Waals surface area contributed by atoms with Gasteiger partial charge >= 0.3 is 0 Å². The maximum absolute atomic E-state index is 10.0. The number of ether oxygens (including phenoxy) is 3. The second-order valence-electron chi connectivity index (χ2n) is 4.77. The minimum Gasteiger partial charge on any atom is -0.493 e. The number of aliphatic hydroxyl groups excluding tert-OH is 1. The molecule has 0 spiro atoms. The Hall–Kier alpha value is -2.31. The van der Waals surface area contributed by atoms with Crippen LogP contribution in [0, 0.1) is 0 Å². The number of hydrogen-bond acceptors (Lipinski definition) is 6. The fraction of sp³-hybridized carbons (Fsp3) is 0.235. The van der Waals surface area contributed by atoms with Crippen molar-refractivity contribution < 1.29 is 19.3 Å². The molecule has 2 heterocycles. The smallest absolute Gasteiger partial charge is 0.243 e. The van der Waals surface area contributed by atoms with E-state index in [1.165, 1.54) is 0 Å². The van der Waals surface area contributed by atoms with Crippen molar-refractivity contribution in [1.82, 2.24) is 0 Å². The summed E-state index contributed by atoms with van der Waals surface area (Å²) in [6.07, 6.45) is 0.748. The molecule has 3 rings (SSSR count). The van der Waals surface area contributed by atoms with Gasteiger partial charge < -0.3 is 19.3 Å². The van der Waals surface area contributed by atoms with Crippen molar-refractivity contribution in [2.24, 2.45) is 4.99 Å². The third-order valence-corrected chi connectivity index (χ3v) is 4.07. The summed E-state index contributed by atoms with van der Waals surface area (Å²) >= 11 is 1.57. The van der Waals surface area contributed by atoms with E-state index in [0.29, 0.717) is 29.7 Å². The molecule has 0 amide bonds. The summed E-state index contributed by atoms with van der Waals surface area (Å²) in [5.74, 6) is 1.62. The fourth-order valence-electron chi connectivity index (χ4n) is 2.20. The van der Waals surface area contributed by atoms with Gasteiger partial charge in [0.25, 0.3) is 0 Å². The zero-order valence-corrected chi connectivity index (χ0v) is 13.7. The van der Waals surface area contributed by atoms with Crippen molar-refractivity contribution in [3.05, 3.63) is 51.8 Å². The predicted octanol–water partition coefficient (Wildman–Crippen LogP) is 3.29. The highest BCUT2D eigenvalue weighted by atomic mass is 32.1. The number of aliphatic imine (C=N–C) groups is 1. The van der Waals surface area contributed by atoms with Gasteiger partial charge in [-0.05, 0) is 42.6 Å². The lowest BCUT2D eigenvalue weighted by atomic mass is 10.2. The molecule has 120 valence electrons. The number of thiophene rings is 1. The van der Waals surface area contributed by atoms with E-state index in [-0.39, 0.29) is 0 Å². The quantitative estimate of drug-likeness (QED) is 0.913. The van der Waals surface area contributed by atoms with Crippen LogP contribution in [0.3, 0.4) is 0 Å². The van der Waals surface area contributed by atoms with Gasteiger partial charge in [0.15, 0.2) is 11.5 Å². The van der Waals surface area contributed by atoms with Gasteiger partial charge in [-0.3, -0.25) is 0 Å². The van der Waals surface area contributed by atoms with E-state index in [9.17, 15) is 5.11 Å². The summed E-state index contributed by atoms with van der Waals surface area (Å²) in [4.78, 5) is 5.39. The SMILES string of the molecule is CCOc1ccc(C2=N/C(=C/c3cccs3)C(O)O2)cc1OC. The van der Waals surface area contributed by atoms with Gasteiger partial charge in [0.05, 0.1) is 13.7 Å². The molecular weight excluding hydrogens is 314 g/mol. The Bertz CT molecular complexity index is 737. The van der Waals surface area contributed by atoms with E-state index in [1.807, 2.05) is 36.6 Å². The van der Waals surface area contributed by atoms with Crippen LogP contribution < -0.4 is 9.47 Å². The van der Waals surface area contributed by atoms with Crippen molar-refractivity contribution in [3.8, 4) is 11.5 Å². The first kappa shape index (κ1) is 15.6. The minimum atomic E-state index is -1.07. The molecule has 1 aliphatic rings. The Balaban J connectivity index is 1.90. The van der Waals surface area contributed by atoms with Crippen LogP contribution >= 0.6 is 11.3 Å². The highest BCUT2D eigenvalue weighted by molar-refractivity contribution is 7.10. The Kier molecular flexibility index (Phi) is 4.64. The van der Waals surface area contributed by atoms with Gasteiger partial charge in [-0.25, -0.2) is 4.99 Å². The van der Waals surface area contributed by atoms with E-state index in [4.69, 9.17) is 14.2 Å². The molecule has 1 atom stereocenters. The van der Waals surface area contributed by atoms with Crippen LogP contribution in [-0.2, 0) is 4.74 Å². The predicted molar refractivity (Wildman–Crippen MR) is 90.1 cm³/mol. The van der Waals surface area contributed by atoms with Crippen molar-refractivity contribution in [2.75, 3.05) is 13.7 Å². The largest absolute Gasteiger partial charge is 0.493 e. The molecule has 23 heavy (non-hydrogen) atoms. The van der Waals surface area contributed by atoms with E-state index in [1.54, 1.807) is 30.6 Å². The summed E-state index contributed by atoms with van der Waals surface area (Å²) in [5.41, 5.74) is 1.20. The monoisotopic (exact) mass is 331 g/mol. The van der Waals surface area contributed by atoms with Crippen LogP contribution in [0.2, 0.25) is 0 Å². The number of benzene rings is 1. The molecule has 0 aliphatic carbocycles. The average molecular weight is 331 g/mol. The first-order chi connectivity index (χ1) is 11.2. The zero-order chi connectivity index (χ0) is 16.2. The van der Waals surface area contributed by atoms with Crippen LogP contribution in [0.4, 0.5) is 0 Å². The molecule has 0 radical (unpaired) electrons. The molecule has 2 aromatic rings. The fourth-order valence-corrected chi connectivity index (χ4v) is 2.86. The van der Waals surface area contributed by atoms with Crippen LogP contribution in [0.1, 0.15) is 17.4 Å². The summed E-state index contributed by atoms with van der Waals surface area (Å²) in [7, 11) is 1.58. The first-order valence-electron chi connectivity index (χ1n) is 7.21. The molecule has 1 N–H and O–H groups in total. The van der Waals surface area contributed by atoms with Gasteiger partial charge in [0.1, 0.15) is 5.70 Å². The summed E-state index contributed by atoms with van der Waals surface area (Å²) in [6.45, 7) is 2.47. The molecule has 0 fully saturated rings. The minimum absolute atomic E-state index is 0.363. The Morgan fingerprint density at radius 3 is 2.91 bits per heavy atom. The van der Waals surface area contributed by atoms with E-state index in [0.717, 1.165) is 10.4 Å². The standard InChI is InChI=1S/C17H17NO4S/c1-3-21-14-7-6-11(9-15(14)20-2)16-18-13(17(19)22-16)10-12-5-4-8-23-12/h4-10,17,19H,3H2,1-2H3/b13-10+. The topological polar surface area (TPSA) is 60.3 Å². The number of hydrogen-bond donors (Lipinski definition) is 1. The van der Waals surface area contributed by atoms with Crippen molar-refractivity contribution in [2.45, 2.75) is 13.2 Å². The molecule has 0 saturated heterocycles. The Morgan fingerprint density at radius 1 is 1.35 bits per heavy atom. The molecule has 1 unspecified atom stereocenters. The molecule has 5 nitrogen and oxygen atoms in total. The van der Waals surface area contributed by atoms with Gasteiger partial charge in [-0.15, -0.1) is 11.3 Å². The maximum atomic E-state index is 10.0. The maximum Gasteiger partial charge on any atom is 0.243 e. The van der Waals surface area contributed by atoms with E-state index in [2.05, 4.69) is 4.99 Å².